The topological polar surface area (TPSA) is 50.7 Å². The van der Waals surface area contributed by atoms with Gasteiger partial charge in [0.1, 0.15) is 0 Å². The van der Waals surface area contributed by atoms with E-state index in [-0.39, 0.29) is 5.97 Å². The number of hydrogen-bond donors (Lipinski definition) is 1. The van der Waals surface area contributed by atoms with Crippen LogP contribution in [0.15, 0.2) is 4.99 Å². The van der Waals surface area contributed by atoms with Gasteiger partial charge in [-0.3, -0.25) is 9.79 Å². The van der Waals surface area contributed by atoms with Crippen LogP contribution in [-0.2, 0) is 9.53 Å². The van der Waals surface area contributed by atoms with Crippen LogP contribution in [0, 0.1) is 0 Å². The van der Waals surface area contributed by atoms with Gasteiger partial charge in [0.05, 0.1) is 12.4 Å². The minimum atomic E-state index is -0.209. The Hall–Kier alpha value is -0.710. The van der Waals surface area contributed by atoms with Crippen LogP contribution in [0.25, 0.3) is 0 Å². The number of aliphatic imine (C=N–C) groups is 1. The predicted molar refractivity (Wildman–Crippen MR) is 51.5 cm³/mol. The van der Waals surface area contributed by atoms with Crippen LogP contribution >= 0.6 is 11.8 Å². The monoisotopic (exact) mass is 190 g/mol. The van der Waals surface area contributed by atoms with Crippen LogP contribution in [0.2, 0.25) is 0 Å². The molecule has 0 aromatic heterocycles. The summed E-state index contributed by atoms with van der Waals surface area (Å²) in [4.78, 5) is 14.8. The van der Waals surface area contributed by atoms with Gasteiger partial charge in [-0.15, -0.1) is 0 Å². The molecule has 0 radical (unpaired) electrons. The number of esters is 1. The first-order valence-corrected chi connectivity index (χ1v) is 4.66. The van der Waals surface area contributed by atoms with E-state index in [0.29, 0.717) is 12.4 Å². The maximum Gasteiger partial charge on any atom is 0.316 e. The van der Waals surface area contributed by atoms with Crippen LogP contribution in [0.5, 0.6) is 0 Å². The van der Waals surface area contributed by atoms with Crippen molar-refractivity contribution in [1.29, 1.82) is 0 Å². The van der Waals surface area contributed by atoms with Crippen LogP contribution < -0.4 is 5.32 Å². The predicted octanol–water partition coefficient (Wildman–Crippen LogP) is 0.488. The second-order valence-corrected chi connectivity index (χ2v) is 2.84. The van der Waals surface area contributed by atoms with Crippen LogP contribution in [0.1, 0.15) is 6.92 Å². The Morgan fingerprint density at radius 2 is 2.33 bits per heavy atom. The van der Waals surface area contributed by atoms with Crippen LogP contribution in [0.4, 0.5) is 0 Å². The smallest absolute Gasteiger partial charge is 0.316 e. The number of amidine groups is 1. The zero-order chi connectivity index (χ0) is 9.40. The SMILES string of the molecule is CCOC(=O)CSC(=NC)NC. The molecule has 0 bridgehead atoms. The summed E-state index contributed by atoms with van der Waals surface area (Å²) < 4.78 is 4.74. The van der Waals surface area contributed by atoms with E-state index in [1.54, 1.807) is 21.0 Å². The molecular formula is C7H14N2O2S. The molecular weight excluding hydrogens is 176 g/mol. The zero-order valence-corrected chi connectivity index (χ0v) is 8.40. The summed E-state index contributed by atoms with van der Waals surface area (Å²) in [5, 5.41) is 3.59. The van der Waals surface area contributed by atoms with E-state index in [9.17, 15) is 4.79 Å². The van der Waals surface area contributed by atoms with Gasteiger partial charge in [0, 0.05) is 14.1 Å². The van der Waals surface area contributed by atoms with Crippen molar-refractivity contribution in [2.75, 3.05) is 26.5 Å². The summed E-state index contributed by atoms with van der Waals surface area (Å²) in [5.41, 5.74) is 0. The minimum absolute atomic E-state index is 0.209. The average molecular weight is 190 g/mol. The third-order valence-corrected chi connectivity index (χ3v) is 2.09. The Morgan fingerprint density at radius 3 is 2.75 bits per heavy atom. The highest BCUT2D eigenvalue weighted by Gasteiger charge is 2.03. The quantitative estimate of drug-likeness (QED) is 0.400. The van der Waals surface area contributed by atoms with Crippen molar-refractivity contribution in [3.63, 3.8) is 0 Å². The first-order valence-electron chi connectivity index (χ1n) is 3.67. The maximum absolute atomic E-state index is 10.9. The molecule has 0 rings (SSSR count). The van der Waals surface area contributed by atoms with Crippen molar-refractivity contribution < 1.29 is 9.53 Å². The van der Waals surface area contributed by atoms with E-state index < -0.39 is 0 Å². The molecule has 4 nitrogen and oxygen atoms in total. The first kappa shape index (κ1) is 11.3. The number of rotatable bonds is 3. The molecule has 0 fully saturated rings. The standard InChI is InChI=1S/C7H14N2O2S/c1-4-11-6(10)5-12-7(8-2)9-3/h4-5H2,1-3H3,(H,8,9). The van der Waals surface area contributed by atoms with E-state index in [2.05, 4.69) is 10.3 Å². The highest BCUT2D eigenvalue weighted by Crippen LogP contribution is 2.01. The molecule has 0 aliphatic carbocycles. The first-order chi connectivity index (χ1) is 5.74. The molecule has 0 aromatic carbocycles. The van der Waals surface area contributed by atoms with Gasteiger partial charge >= 0.3 is 5.97 Å². The van der Waals surface area contributed by atoms with Gasteiger partial charge in [-0.2, -0.15) is 0 Å². The van der Waals surface area contributed by atoms with E-state index in [1.165, 1.54) is 11.8 Å². The number of carbonyl (C=O) groups is 1. The van der Waals surface area contributed by atoms with Gasteiger partial charge in [-0.25, -0.2) is 0 Å². The normalized spacial score (nSPS) is 11.1. The lowest BCUT2D eigenvalue weighted by molar-refractivity contribution is -0.139. The fourth-order valence-corrected chi connectivity index (χ4v) is 1.19. The molecule has 0 aliphatic rings. The number of carbonyl (C=O) groups excluding carboxylic acids is 1. The van der Waals surface area contributed by atoms with Gasteiger partial charge in [-0.05, 0) is 6.92 Å². The van der Waals surface area contributed by atoms with Gasteiger partial charge in [-0.1, -0.05) is 11.8 Å². The minimum Gasteiger partial charge on any atom is -0.465 e. The summed E-state index contributed by atoms with van der Waals surface area (Å²) in [6, 6.07) is 0. The summed E-state index contributed by atoms with van der Waals surface area (Å²) >= 11 is 1.33. The fraction of sp³-hybridized carbons (Fsp3) is 0.714. The number of thioether (sulfide) groups is 1. The summed E-state index contributed by atoms with van der Waals surface area (Å²) in [5.74, 6) is 0.0975. The van der Waals surface area contributed by atoms with E-state index in [4.69, 9.17) is 4.74 Å². The third kappa shape index (κ3) is 5.01. The van der Waals surface area contributed by atoms with Gasteiger partial charge < -0.3 is 10.1 Å². The third-order valence-electron chi connectivity index (χ3n) is 1.05. The summed E-state index contributed by atoms with van der Waals surface area (Å²) in [6.07, 6.45) is 0. The number of hydrogen-bond acceptors (Lipinski definition) is 4. The van der Waals surface area contributed by atoms with Gasteiger partial charge in [0.25, 0.3) is 0 Å². The molecule has 5 heteroatoms. The van der Waals surface area contributed by atoms with E-state index >= 15 is 0 Å². The van der Waals surface area contributed by atoms with Gasteiger partial charge in [0.15, 0.2) is 5.17 Å². The van der Waals surface area contributed by atoms with Crippen molar-refractivity contribution in [2.45, 2.75) is 6.92 Å². The Labute approximate surface area is 76.8 Å². The van der Waals surface area contributed by atoms with E-state index in [0.717, 1.165) is 5.17 Å². The van der Waals surface area contributed by atoms with Gasteiger partial charge in [0.2, 0.25) is 0 Å². The van der Waals surface area contributed by atoms with E-state index in [1.807, 2.05) is 0 Å². The zero-order valence-electron chi connectivity index (χ0n) is 7.59. The summed E-state index contributed by atoms with van der Waals surface area (Å²) in [7, 11) is 3.43. The highest BCUT2D eigenvalue weighted by atomic mass is 32.2. The maximum atomic E-state index is 10.9. The molecule has 0 unspecified atom stereocenters. The molecule has 70 valence electrons. The molecule has 0 aliphatic heterocycles. The van der Waals surface area contributed by atoms with Crippen molar-refractivity contribution in [3.8, 4) is 0 Å². The molecule has 0 saturated carbocycles. The molecule has 0 amide bonds. The highest BCUT2D eigenvalue weighted by molar-refractivity contribution is 8.14. The number of nitrogens with one attached hydrogen (secondary N) is 1. The molecule has 0 atom stereocenters. The molecule has 12 heavy (non-hydrogen) atoms. The van der Waals surface area contributed by atoms with Crippen LogP contribution in [-0.4, -0.2) is 37.6 Å². The molecule has 0 saturated heterocycles. The largest absolute Gasteiger partial charge is 0.465 e. The molecule has 1 N–H and O–H groups in total. The number of ether oxygens (including phenoxy) is 1. The average Bonchev–Trinajstić information content (AvgIpc) is 2.07. The van der Waals surface area contributed by atoms with Crippen molar-refractivity contribution >= 4 is 22.9 Å². The lowest BCUT2D eigenvalue weighted by atomic mass is 10.8. The Balaban J connectivity index is 3.59. The van der Waals surface area contributed by atoms with Crippen LogP contribution in [0.3, 0.4) is 0 Å². The van der Waals surface area contributed by atoms with Crippen molar-refractivity contribution in [2.24, 2.45) is 4.99 Å². The molecule has 0 heterocycles. The second kappa shape index (κ2) is 6.97. The summed E-state index contributed by atoms with van der Waals surface area (Å²) in [6.45, 7) is 2.22. The van der Waals surface area contributed by atoms with Crippen molar-refractivity contribution in [3.05, 3.63) is 0 Å². The molecule has 0 spiro atoms. The fourth-order valence-electron chi connectivity index (χ4n) is 0.578. The second-order valence-electron chi connectivity index (χ2n) is 1.87. The van der Waals surface area contributed by atoms with Crippen molar-refractivity contribution in [1.82, 2.24) is 5.32 Å². The lowest BCUT2D eigenvalue weighted by Crippen LogP contribution is -2.17. The molecule has 0 aromatic rings. The Kier molecular flexibility index (Phi) is 6.55. The Bertz CT molecular complexity index is 171. The number of nitrogens with zero attached hydrogens (tertiary/aromatic N) is 1. The Morgan fingerprint density at radius 1 is 1.67 bits per heavy atom. The lowest BCUT2D eigenvalue weighted by Gasteiger charge is -2.03.